The summed E-state index contributed by atoms with van der Waals surface area (Å²) < 4.78 is 1.58. The molecule has 5 nitrogen and oxygen atoms in total. The summed E-state index contributed by atoms with van der Waals surface area (Å²) in [6.45, 7) is 0. The van der Waals surface area contributed by atoms with Gasteiger partial charge in [-0.05, 0) is 30.3 Å². The Morgan fingerprint density at radius 1 is 0.857 bits per heavy atom. The van der Waals surface area contributed by atoms with Gasteiger partial charge in [-0.25, -0.2) is 9.67 Å². The maximum absolute atomic E-state index is 12.7. The zero-order chi connectivity index (χ0) is 19.5. The highest BCUT2D eigenvalue weighted by atomic mass is 35.5. The predicted octanol–water partition coefficient (Wildman–Crippen LogP) is 5.49. The number of amides is 1. The molecule has 0 radical (unpaired) electrons. The van der Waals surface area contributed by atoms with Gasteiger partial charge in [-0.3, -0.25) is 4.79 Å². The second-order valence-electron chi connectivity index (χ2n) is 5.96. The van der Waals surface area contributed by atoms with E-state index in [4.69, 9.17) is 23.2 Å². The first-order valence-electron chi connectivity index (χ1n) is 8.46. The van der Waals surface area contributed by atoms with Crippen molar-refractivity contribution in [3.8, 4) is 17.1 Å². The topological polar surface area (TPSA) is 59.8 Å². The van der Waals surface area contributed by atoms with E-state index >= 15 is 0 Å². The molecule has 138 valence electrons. The monoisotopic (exact) mass is 408 g/mol. The van der Waals surface area contributed by atoms with Crippen LogP contribution in [0.25, 0.3) is 17.1 Å². The maximum atomic E-state index is 12.7. The minimum Gasteiger partial charge on any atom is -0.319 e. The molecule has 4 rings (SSSR count). The van der Waals surface area contributed by atoms with Gasteiger partial charge in [-0.2, -0.15) is 0 Å². The molecule has 0 spiro atoms. The molecule has 0 atom stereocenters. The summed E-state index contributed by atoms with van der Waals surface area (Å²) in [6, 6.07) is 23.8. The van der Waals surface area contributed by atoms with Gasteiger partial charge in [-0.1, -0.05) is 71.7 Å². The fraction of sp³-hybridized carbons (Fsp3) is 0. The fourth-order valence-corrected chi connectivity index (χ4v) is 2.98. The van der Waals surface area contributed by atoms with E-state index in [1.54, 1.807) is 35.0 Å². The molecule has 1 amide bonds. The van der Waals surface area contributed by atoms with Gasteiger partial charge in [0.05, 0.1) is 15.7 Å². The van der Waals surface area contributed by atoms with E-state index in [-0.39, 0.29) is 5.82 Å². The molecule has 28 heavy (non-hydrogen) atoms. The Hall–Kier alpha value is -3.15. The zero-order valence-electron chi connectivity index (χ0n) is 14.5. The molecule has 0 fully saturated rings. The second kappa shape index (κ2) is 7.84. The van der Waals surface area contributed by atoms with E-state index in [1.165, 1.54) is 0 Å². The van der Waals surface area contributed by atoms with Crippen LogP contribution in [0.5, 0.6) is 0 Å². The summed E-state index contributed by atoms with van der Waals surface area (Å²) in [4.78, 5) is 17.1. The molecular formula is C21H14Cl2N4O. The first-order valence-corrected chi connectivity index (χ1v) is 9.22. The Kier molecular flexibility index (Phi) is 5.10. The molecule has 0 aliphatic carbocycles. The lowest BCUT2D eigenvalue weighted by atomic mass is 10.2. The van der Waals surface area contributed by atoms with Gasteiger partial charge in [0.2, 0.25) is 5.82 Å². The lowest BCUT2D eigenvalue weighted by molar-refractivity contribution is 0.101. The van der Waals surface area contributed by atoms with E-state index in [2.05, 4.69) is 15.4 Å². The summed E-state index contributed by atoms with van der Waals surface area (Å²) in [5.41, 5.74) is 2.14. The number of hydrogen-bond acceptors (Lipinski definition) is 3. The first-order chi connectivity index (χ1) is 13.6. The Morgan fingerprint density at radius 3 is 2.21 bits per heavy atom. The van der Waals surface area contributed by atoms with Crippen molar-refractivity contribution in [2.75, 3.05) is 5.32 Å². The van der Waals surface area contributed by atoms with E-state index in [1.807, 2.05) is 48.5 Å². The molecule has 0 aliphatic heterocycles. The number of benzene rings is 3. The van der Waals surface area contributed by atoms with Gasteiger partial charge >= 0.3 is 0 Å². The Balaban J connectivity index is 1.78. The standard InChI is InChI=1S/C21H14Cl2N4O/c22-17-12-11-16(13-18(17)23)27-20(14-7-3-1-4-8-14)25-19(26-27)21(28)24-15-9-5-2-6-10-15/h1-13H,(H,24,28). The van der Waals surface area contributed by atoms with Crippen LogP contribution in [-0.2, 0) is 0 Å². The molecule has 0 saturated carbocycles. The third-order valence-electron chi connectivity index (χ3n) is 4.02. The van der Waals surface area contributed by atoms with Crippen LogP contribution < -0.4 is 5.32 Å². The molecule has 0 unspecified atom stereocenters. The summed E-state index contributed by atoms with van der Waals surface area (Å²) in [5, 5.41) is 8.04. The lowest BCUT2D eigenvalue weighted by Crippen LogP contribution is -2.14. The van der Waals surface area contributed by atoms with Crippen LogP contribution in [0.1, 0.15) is 10.6 Å². The molecule has 4 aromatic rings. The summed E-state index contributed by atoms with van der Waals surface area (Å²) in [6.07, 6.45) is 0. The maximum Gasteiger partial charge on any atom is 0.295 e. The minimum atomic E-state index is -0.401. The number of carbonyl (C=O) groups is 1. The molecular weight excluding hydrogens is 395 g/mol. The van der Waals surface area contributed by atoms with Gasteiger partial charge < -0.3 is 5.32 Å². The highest BCUT2D eigenvalue weighted by Crippen LogP contribution is 2.27. The van der Waals surface area contributed by atoms with Crippen LogP contribution >= 0.6 is 23.2 Å². The molecule has 0 saturated heterocycles. The number of para-hydroxylation sites is 1. The average Bonchev–Trinajstić information content (AvgIpc) is 3.17. The molecule has 7 heteroatoms. The summed E-state index contributed by atoms with van der Waals surface area (Å²) in [7, 11) is 0. The molecule has 1 heterocycles. The van der Waals surface area contributed by atoms with Crippen LogP contribution in [0.2, 0.25) is 10.0 Å². The number of nitrogens with zero attached hydrogens (tertiary/aromatic N) is 3. The average molecular weight is 409 g/mol. The van der Waals surface area contributed by atoms with Crippen LogP contribution in [0.15, 0.2) is 78.9 Å². The van der Waals surface area contributed by atoms with Crippen molar-refractivity contribution in [1.82, 2.24) is 14.8 Å². The molecule has 0 bridgehead atoms. The number of hydrogen-bond donors (Lipinski definition) is 1. The quantitative estimate of drug-likeness (QED) is 0.485. The Labute approximate surface area is 171 Å². The first kappa shape index (κ1) is 18.2. The van der Waals surface area contributed by atoms with Gasteiger partial charge in [0.15, 0.2) is 5.82 Å². The third kappa shape index (κ3) is 3.76. The molecule has 3 aromatic carbocycles. The van der Waals surface area contributed by atoms with E-state index in [0.29, 0.717) is 27.2 Å². The highest BCUT2D eigenvalue weighted by molar-refractivity contribution is 6.42. The van der Waals surface area contributed by atoms with Crippen molar-refractivity contribution >= 4 is 34.8 Å². The van der Waals surface area contributed by atoms with Crippen LogP contribution in [0.3, 0.4) is 0 Å². The van der Waals surface area contributed by atoms with Crippen LogP contribution in [-0.4, -0.2) is 20.7 Å². The van der Waals surface area contributed by atoms with Gasteiger partial charge in [-0.15, -0.1) is 5.10 Å². The van der Waals surface area contributed by atoms with Crippen molar-refractivity contribution in [3.05, 3.63) is 94.7 Å². The van der Waals surface area contributed by atoms with Crippen LogP contribution in [0, 0.1) is 0 Å². The number of halogens is 2. The van der Waals surface area contributed by atoms with E-state index in [0.717, 1.165) is 5.56 Å². The zero-order valence-corrected chi connectivity index (χ0v) is 16.0. The third-order valence-corrected chi connectivity index (χ3v) is 4.76. The number of anilines is 1. The lowest BCUT2D eigenvalue weighted by Gasteiger charge is -2.07. The molecule has 1 N–H and O–H groups in total. The minimum absolute atomic E-state index is 0.0498. The number of carbonyl (C=O) groups excluding carboxylic acids is 1. The van der Waals surface area contributed by atoms with Gasteiger partial charge in [0.25, 0.3) is 5.91 Å². The van der Waals surface area contributed by atoms with Crippen molar-refractivity contribution in [1.29, 1.82) is 0 Å². The number of nitrogens with one attached hydrogen (secondary N) is 1. The summed E-state index contributed by atoms with van der Waals surface area (Å²) in [5.74, 6) is 0.174. The van der Waals surface area contributed by atoms with Crippen molar-refractivity contribution in [3.63, 3.8) is 0 Å². The van der Waals surface area contributed by atoms with Crippen molar-refractivity contribution in [2.24, 2.45) is 0 Å². The van der Waals surface area contributed by atoms with E-state index < -0.39 is 5.91 Å². The largest absolute Gasteiger partial charge is 0.319 e. The smallest absolute Gasteiger partial charge is 0.295 e. The normalized spacial score (nSPS) is 10.6. The Morgan fingerprint density at radius 2 is 1.54 bits per heavy atom. The van der Waals surface area contributed by atoms with Crippen molar-refractivity contribution < 1.29 is 4.79 Å². The highest BCUT2D eigenvalue weighted by Gasteiger charge is 2.19. The van der Waals surface area contributed by atoms with Crippen molar-refractivity contribution in [2.45, 2.75) is 0 Å². The SMILES string of the molecule is O=C(Nc1ccccc1)c1nc(-c2ccccc2)n(-c2ccc(Cl)c(Cl)c2)n1. The van der Waals surface area contributed by atoms with Crippen LogP contribution in [0.4, 0.5) is 5.69 Å². The predicted molar refractivity (Wildman–Crippen MR) is 111 cm³/mol. The van der Waals surface area contributed by atoms with E-state index in [9.17, 15) is 4.79 Å². The molecule has 1 aromatic heterocycles. The molecule has 0 aliphatic rings. The Bertz CT molecular complexity index is 1130. The van der Waals surface area contributed by atoms with Gasteiger partial charge in [0.1, 0.15) is 0 Å². The number of aromatic nitrogens is 3. The fourth-order valence-electron chi connectivity index (χ4n) is 2.69. The second-order valence-corrected chi connectivity index (χ2v) is 6.77. The summed E-state index contributed by atoms with van der Waals surface area (Å²) >= 11 is 12.2. The van der Waals surface area contributed by atoms with Gasteiger partial charge in [0, 0.05) is 11.3 Å². The number of rotatable bonds is 4.